The van der Waals surface area contributed by atoms with Gasteiger partial charge in [-0.15, -0.1) is 0 Å². The Kier molecular flexibility index (Phi) is 6.38. The lowest BCUT2D eigenvalue weighted by molar-refractivity contribution is -0.0351. The maximum Gasteiger partial charge on any atom is 0.257 e. The quantitative estimate of drug-likeness (QED) is 0.716. The normalized spacial score (nSPS) is 25.6. The number of nitrogens with one attached hydrogen (secondary N) is 1. The summed E-state index contributed by atoms with van der Waals surface area (Å²) in [5, 5.41) is 3.22. The molecule has 0 spiro atoms. The van der Waals surface area contributed by atoms with Crippen molar-refractivity contribution in [2.45, 2.75) is 18.1 Å². The Labute approximate surface area is 183 Å². The molecule has 0 radical (unpaired) electrons. The number of nitrogens with zero attached hydrogens (tertiary/aromatic N) is 1. The van der Waals surface area contributed by atoms with E-state index < -0.39 is 17.2 Å². The summed E-state index contributed by atoms with van der Waals surface area (Å²) in [5.74, 6) is -1.10. The van der Waals surface area contributed by atoms with E-state index in [4.69, 9.17) is 14.5 Å². The molecule has 1 N–H and O–H groups in total. The number of halogens is 2. The number of hydrogen-bond acceptors (Lipinski definition) is 5. The van der Waals surface area contributed by atoms with Crippen molar-refractivity contribution >= 4 is 22.8 Å². The third-order valence-electron chi connectivity index (χ3n) is 5.52. The highest BCUT2D eigenvalue weighted by Gasteiger charge is 2.49. The molecule has 2 aromatic rings. The van der Waals surface area contributed by atoms with E-state index >= 15 is 0 Å². The van der Waals surface area contributed by atoms with Gasteiger partial charge in [0.15, 0.2) is 5.17 Å². The number of aliphatic imine (C=N–C) groups is 1. The molecular formula is C23H22F2N2O3S. The van der Waals surface area contributed by atoms with Gasteiger partial charge in [-0.2, -0.15) is 0 Å². The molecule has 1 amide bonds. The summed E-state index contributed by atoms with van der Waals surface area (Å²) in [6.45, 7) is 0.101. The molecule has 0 unspecified atom stereocenters. The number of amidine groups is 1. The molecule has 2 aliphatic rings. The minimum atomic E-state index is -1.06. The highest BCUT2D eigenvalue weighted by Crippen LogP contribution is 2.47. The van der Waals surface area contributed by atoms with E-state index in [2.05, 4.69) is 5.32 Å². The Morgan fingerprint density at radius 3 is 2.84 bits per heavy atom. The Bertz CT molecular complexity index is 1020. The van der Waals surface area contributed by atoms with Crippen molar-refractivity contribution in [3.05, 3.63) is 83.6 Å². The van der Waals surface area contributed by atoms with Crippen LogP contribution in [0.3, 0.4) is 0 Å². The highest BCUT2D eigenvalue weighted by molar-refractivity contribution is 8.13. The molecule has 4 rings (SSSR count). The number of benzene rings is 2. The van der Waals surface area contributed by atoms with Gasteiger partial charge in [0.05, 0.1) is 26.1 Å². The molecule has 2 aromatic carbocycles. The summed E-state index contributed by atoms with van der Waals surface area (Å²) < 4.78 is 39.4. The van der Waals surface area contributed by atoms with Gasteiger partial charge in [0.1, 0.15) is 17.2 Å². The second kappa shape index (κ2) is 9.20. The zero-order valence-corrected chi connectivity index (χ0v) is 17.7. The average molecular weight is 445 g/mol. The Morgan fingerprint density at radius 2 is 2.10 bits per heavy atom. The molecule has 0 aliphatic carbocycles. The van der Waals surface area contributed by atoms with Gasteiger partial charge in [-0.1, -0.05) is 36.0 Å². The van der Waals surface area contributed by atoms with Crippen molar-refractivity contribution in [1.82, 2.24) is 5.32 Å². The lowest BCUT2D eigenvalue weighted by Crippen LogP contribution is -2.51. The summed E-state index contributed by atoms with van der Waals surface area (Å²) >= 11 is 1.41. The van der Waals surface area contributed by atoms with E-state index in [1.807, 2.05) is 12.1 Å². The second-order valence-corrected chi connectivity index (χ2v) is 8.45. The van der Waals surface area contributed by atoms with Crippen LogP contribution < -0.4 is 5.32 Å². The van der Waals surface area contributed by atoms with Crippen LogP contribution in [-0.2, 0) is 15.0 Å². The first-order chi connectivity index (χ1) is 15.0. The van der Waals surface area contributed by atoms with Gasteiger partial charge in [-0.3, -0.25) is 4.79 Å². The van der Waals surface area contributed by atoms with Gasteiger partial charge in [-0.05, 0) is 30.7 Å². The SMILES string of the molecule is COC=C[C@H]1C[C@H]2CSC(NC(=O)c3ccccc3)=N[C@@]2(c2ccc(F)cc2F)CO1. The largest absolute Gasteiger partial charge is 0.505 e. The predicted molar refractivity (Wildman–Crippen MR) is 116 cm³/mol. The Hall–Kier alpha value is -2.71. The number of fused-ring (bicyclic) bond motifs is 1. The van der Waals surface area contributed by atoms with E-state index in [9.17, 15) is 13.6 Å². The summed E-state index contributed by atoms with van der Waals surface area (Å²) in [5.41, 5.74) is -0.292. The number of ether oxygens (including phenoxy) is 2. The van der Waals surface area contributed by atoms with Crippen molar-refractivity contribution < 1.29 is 23.0 Å². The minimum Gasteiger partial charge on any atom is -0.505 e. The zero-order valence-electron chi connectivity index (χ0n) is 16.9. The van der Waals surface area contributed by atoms with Crippen LogP contribution >= 0.6 is 11.8 Å². The van der Waals surface area contributed by atoms with E-state index in [0.29, 0.717) is 22.9 Å². The Morgan fingerprint density at radius 1 is 1.29 bits per heavy atom. The standard InChI is InChI=1S/C23H22F2N2O3S/c1-29-10-9-18-11-16-13-31-22(26-21(28)15-5-3-2-4-6-15)27-23(16,14-30-18)19-8-7-17(24)12-20(19)25/h2-10,12,16,18H,11,13-14H2,1H3,(H,26,27,28)/t16-,18-,23-/m0/s1. The van der Waals surface area contributed by atoms with Crippen LogP contribution in [0.2, 0.25) is 0 Å². The van der Waals surface area contributed by atoms with E-state index in [-0.39, 0.29) is 30.1 Å². The molecule has 1 fully saturated rings. The van der Waals surface area contributed by atoms with E-state index in [1.165, 1.54) is 23.9 Å². The number of hydrogen-bond donors (Lipinski definition) is 1. The van der Waals surface area contributed by atoms with Crippen molar-refractivity contribution in [2.24, 2.45) is 10.9 Å². The average Bonchev–Trinajstić information content (AvgIpc) is 2.78. The van der Waals surface area contributed by atoms with Crippen LogP contribution in [-0.4, -0.2) is 36.6 Å². The summed E-state index contributed by atoms with van der Waals surface area (Å²) in [4.78, 5) is 17.4. The summed E-state index contributed by atoms with van der Waals surface area (Å²) in [7, 11) is 1.56. The Balaban J connectivity index is 1.68. The fourth-order valence-corrected chi connectivity index (χ4v) is 5.10. The smallest absolute Gasteiger partial charge is 0.257 e. The first-order valence-electron chi connectivity index (χ1n) is 9.87. The second-order valence-electron chi connectivity index (χ2n) is 7.44. The number of carbonyl (C=O) groups is 1. The van der Waals surface area contributed by atoms with Gasteiger partial charge < -0.3 is 14.8 Å². The summed E-state index contributed by atoms with van der Waals surface area (Å²) in [6.07, 6.45) is 3.76. The summed E-state index contributed by atoms with van der Waals surface area (Å²) in [6, 6.07) is 12.3. The van der Waals surface area contributed by atoms with Gasteiger partial charge in [0.25, 0.3) is 5.91 Å². The van der Waals surface area contributed by atoms with Crippen molar-refractivity contribution in [3.8, 4) is 0 Å². The van der Waals surface area contributed by atoms with Crippen LogP contribution in [0, 0.1) is 17.6 Å². The van der Waals surface area contributed by atoms with Crippen molar-refractivity contribution in [2.75, 3.05) is 19.5 Å². The minimum absolute atomic E-state index is 0.0740. The van der Waals surface area contributed by atoms with Gasteiger partial charge in [0.2, 0.25) is 0 Å². The molecule has 3 atom stereocenters. The maximum atomic E-state index is 14.9. The van der Waals surface area contributed by atoms with Crippen LogP contribution in [0.5, 0.6) is 0 Å². The van der Waals surface area contributed by atoms with E-state index in [1.54, 1.807) is 37.6 Å². The van der Waals surface area contributed by atoms with Crippen LogP contribution in [0.25, 0.3) is 0 Å². The fraction of sp³-hybridized carbons (Fsp3) is 0.304. The number of amides is 1. The molecular weight excluding hydrogens is 422 g/mol. The van der Waals surface area contributed by atoms with Crippen molar-refractivity contribution in [1.29, 1.82) is 0 Å². The van der Waals surface area contributed by atoms with Gasteiger partial charge in [0, 0.05) is 28.9 Å². The molecule has 8 heteroatoms. The topological polar surface area (TPSA) is 59.9 Å². The number of methoxy groups -OCH3 is 1. The predicted octanol–water partition coefficient (Wildman–Crippen LogP) is 4.26. The third kappa shape index (κ3) is 4.50. The lowest BCUT2D eigenvalue weighted by atomic mass is 9.75. The molecule has 2 aliphatic heterocycles. The number of carbonyl (C=O) groups excluding carboxylic acids is 1. The van der Waals surface area contributed by atoms with Crippen molar-refractivity contribution in [3.63, 3.8) is 0 Å². The molecule has 0 saturated carbocycles. The number of rotatable bonds is 4. The third-order valence-corrected chi connectivity index (χ3v) is 6.55. The van der Waals surface area contributed by atoms with Crippen LogP contribution in [0.4, 0.5) is 8.78 Å². The maximum absolute atomic E-state index is 14.9. The molecule has 31 heavy (non-hydrogen) atoms. The molecule has 2 heterocycles. The van der Waals surface area contributed by atoms with E-state index in [0.717, 1.165) is 6.07 Å². The highest BCUT2D eigenvalue weighted by atomic mass is 32.2. The lowest BCUT2D eigenvalue weighted by Gasteiger charge is -2.46. The number of thioether (sulfide) groups is 1. The monoisotopic (exact) mass is 444 g/mol. The molecule has 0 bridgehead atoms. The van der Waals surface area contributed by atoms with Gasteiger partial charge >= 0.3 is 0 Å². The molecule has 5 nitrogen and oxygen atoms in total. The molecule has 1 saturated heterocycles. The molecule has 0 aromatic heterocycles. The fourth-order valence-electron chi connectivity index (χ4n) is 3.94. The van der Waals surface area contributed by atoms with Crippen LogP contribution in [0.1, 0.15) is 22.3 Å². The van der Waals surface area contributed by atoms with Crippen LogP contribution in [0.15, 0.2) is 65.9 Å². The first-order valence-corrected chi connectivity index (χ1v) is 10.9. The zero-order chi connectivity index (χ0) is 21.8. The molecule has 162 valence electrons. The van der Waals surface area contributed by atoms with Gasteiger partial charge in [-0.25, -0.2) is 13.8 Å². The first kappa shape index (κ1) is 21.5.